The van der Waals surface area contributed by atoms with Crippen LogP contribution in [0.15, 0.2) is 207 Å². The number of imidazole rings is 1. The number of hydrogen-bond acceptors (Lipinski definition) is 3. The minimum absolute atomic E-state index is 0. The number of para-hydroxylation sites is 4. The molecule has 0 fully saturated rings. The molecule has 0 amide bonds. The van der Waals surface area contributed by atoms with E-state index in [1.54, 1.807) is 6.20 Å². The van der Waals surface area contributed by atoms with Gasteiger partial charge >= 0.3 is 0 Å². The summed E-state index contributed by atoms with van der Waals surface area (Å²) < 4.78 is 11.9. The molecule has 0 unspecified atom stereocenters. The SMILES string of the molecule is CCCCCCc1cc(CCCCCC)cc(-n2[cH+]n(-c3[c-]ccc(-c4c(C)cc(C)c(-c5ccc(-c6cc(-n7c8ccccc8c8ccccc87)cc7c6sc6ccc(-n8c9ccccc9c9ccccc98)cc67)c(C)c5)c4C)c3)c3nccnc32)c1.[Ir]. The second-order valence-electron chi connectivity index (χ2n) is 24.5. The van der Waals surface area contributed by atoms with E-state index in [-0.39, 0.29) is 20.1 Å². The number of aryl methyl sites for hydroxylation is 5. The summed E-state index contributed by atoms with van der Waals surface area (Å²) in [5.74, 6) is 0. The largest absolute Gasteiger partial charge is 0.309 e. The summed E-state index contributed by atoms with van der Waals surface area (Å²) in [5.41, 5.74) is 26.0. The summed E-state index contributed by atoms with van der Waals surface area (Å²) in [6, 6.07) is 74.3. The summed E-state index contributed by atoms with van der Waals surface area (Å²) >= 11 is 1.90. The Morgan fingerprint density at radius 2 is 0.978 bits per heavy atom. The zero-order valence-electron chi connectivity index (χ0n) is 51.6. The summed E-state index contributed by atoms with van der Waals surface area (Å²) in [7, 11) is 0. The van der Waals surface area contributed by atoms with Crippen LogP contribution >= 0.6 is 11.3 Å². The number of fused-ring (bicyclic) bond motifs is 10. The molecule has 0 atom stereocenters. The van der Waals surface area contributed by atoms with Gasteiger partial charge in [-0.1, -0.05) is 156 Å². The molecule has 1 radical (unpaired) electrons. The molecule has 0 spiro atoms. The fourth-order valence-electron chi connectivity index (χ4n) is 14.6. The number of nitrogens with zero attached hydrogens (tertiary/aromatic N) is 6. The number of rotatable bonds is 17. The van der Waals surface area contributed by atoms with E-state index in [1.807, 2.05) is 17.5 Å². The van der Waals surface area contributed by atoms with E-state index in [4.69, 9.17) is 9.97 Å². The topological polar surface area (TPSA) is 45.5 Å². The molecule has 5 aromatic heterocycles. The summed E-state index contributed by atoms with van der Waals surface area (Å²) in [4.78, 5) is 9.97. The van der Waals surface area contributed by atoms with Crippen molar-refractivity contribution in [3.63, 3.8) is 0 Å². The zero-order chi connectivity index (χ0) is 59.6. The van der Waals surface area contributed by atoms with Crippen LogP contribution in [-0.4, -0.2) is 28.2 Å². The molecule has 0 aliphatic rings. The van der Waals surface area contributed by atoms with Gasteiger partial charge in [0.15, 0.2) is 6.33 Å². The van der Waals surface area contributed by atoms with Gasteiger partial charge in [-0.25, -0.2) is 4.57 Å². The Hall–Kier alpha value is -8.78. The van der Waals surface area contributed by atoms with Crippen molar-refractivity contribution in [2.45, 2.75) is 106 Å². The number of unbranched alkanes of at least 4 members (excludes halogenated alkanes) is 6. The van der Waals surface area contributed by atoms with Gasteiger partial charge in [0.25, 0.3) is 11.3 Å². The maximum atomic E-state index is 4.99. The van der Waals surface area contributed by atoms with Crippen LogP contribution in [0.1, 0.15) is 98.6 Å². The van der Waals surface area contributed by atoms with Crippen molar-refractivity contribution in [1.29, 1.82) is 0 Å². The minimum atomic E-state index is 0. The van der Waals surface area contributed by atoms with E-state index in [9.17, 15) is 0 Å². The quantitative estimate of drug-likeness (QED) is 0.0674. The number of hydrogen-bond donors (Lipinski definition) is 0. The van der Waals surface area contributed by atoms with E-state index in [1.165, 1.54) is 176 Å². The fourth-order valence-corrected chi connectivity index (χ4v) is 15.8. The Balaban J connectivity index is 0.00000694. The molecule has 15 rings (SSSR count). The van der Waals surface area contributed by atoms with Crippen molar-refractivity contribution in [2.75, 3.05) is 0 Å². The van der Waals surface area contributed by atoms with Crippen LogP contribution in [0.2, 0.25) is 0 Å². The van der Waals surface area contributed by atoms with E-state index in [0.29, 0.717) is 0 Å². The van der Waals surface area contributed by atoms with Crippen LogP contribution in [0.3, 0.4) is 0 Å². The van der Waals surface area contributed by atoms with Crippen LogP contribution in [-0.2, 0) is 32.9 Å². The number of benzene rings is 10. The molecule has 0 saturated carbocycles. The van der Waals surface area contributed by atoms with Gasteiger partial charge in [0.2, 0.25) is 0 Å². The Kier molecular flexibility index (Phi) is 15.8. The fraction of sp³-hybridized carbons (Fsp3) is 0.198. The van der Waals surface area contributed by atoms with Crippen molar-refractivity contribution >= 4 is 86.4 Å². The Labute approximate surface area is 539 Å². The van der Waals surface area contributed by atoms with Crippen molar-refractivity contribution in [3.8, 4) is 56.1 Å². The molecule has 6 nitrogen and oxygen atoms in total. The van der Waals surface area contributed by atoms with Crippen LogP contribution in [0.25, 0.3) is 131 Å². The third kappa shape index (κ3) is 10.3. The summed E-state index contributed by atoms with van der Waals surface area (Å²) in [6.07, 6.45) is 17.9. The first-order valence-corrected chi connectivity index (χ1v) is 32.6. The smallest absolute Gasteiger partial charge is 0.281 e. The van der Waals surface area contributed by atoms with E-state index in [2.05, 4.69) is 260 Å². The zero-order valence-corrected chi connectivity index (χ0v) is 54.8. The molecule has 15 aromatic rings. The van der Waals surface area contributed by atoms with Crippen LogP contribution in [0.4, 0.5) is 0 Å². The first kappa shape index (κ1) is 57.9. The van der Waals surface area contributed by atoms with Crippen molar-refractivity contribution < 1.29 is 20.1 Å². The third-order valence-electron chi connectivity index (χ3n) is 18.6. The molecule has 5 heterocycles. The van der Waals surface area contributed by atoms with Crippen molar-refractivity contribution in [2.24, 2.45) is 0 Å². The third-order valence-corrected chi connectivity index (χ3v) is 19.8. The van der Waals surface area contributed by atoms with Gasteiger partial charge in [0.05, 0.1) is 34.5 Å². The predicted molar refractivity (Wildman–Crippen MR) is 374 cm³/mol. The molecular weight excluding hydrogens is 1280 g/mol. The standard InChI is InChI=1S/C81H72N6S.Ir/c1-7-9-11-13-24-56-44-57(25-14-12-10-8-2)46-62(45-56)85-51-84(80-81(85)83-41-40-82-80)60-27-23-26-58(47-60)77-53(4)42-54(5)78(55(77)6)59-36-38-64(52(3)43-59)70-49-63(87-74-34-21-17-30-67(74)68-31-18-22-35-75(68)87)50-71-69-48-61(37-39-76(69)88-79(70)71)86-72-32-19-15-28-65(72)66-29-16-20-33-73(66)86;/h15-23,26,28-51H,7-14,24-25H2,1-6H3;. The normalized spacial score (nSPS) is 11.8. The first-order valence-electron chi connectivity index (χ1n) is 31.8. The van der Waals surface area contributed by atoms with E-state index in [0.717, 1.165) is 52.4 Å². The molecule has 0 saturated heterocycles. The molecule has 10 aromatic carbocycles. The predicted octanol–water partition coefficient (Wildman–Crippen LogP) is 22.3. The maximum Gasteiger partial charge on any atom is 0.281 e. The summed E-state index contributed by atoms with van der Waals surface area (Å²) in [5, 5.41) is 7.55. The van der Waals surface area contributed by atoms with Gasteiger partial charge in [0, 0.05) is 84.4 Å². The van der Waals surface area contributed by atoms with Crippen LogP contribution in [0, 0.1) is 33.8 Å². The molecular formula is C81H72IrN6S. The van der Waals surface area contributed by atoms with Crippen molar-refractivity contribution in [1.82, 2.24) is 28.2 Å². The van der Waals surface area contributed by atoms with Gasteiger partial charge in [-0.15, -0.1) is 29.0 Å². The molecule has 0 bridgehead atoms. The second-order valence-corrected chi connectivity index (χ2v) is 25.5. The molecule has 0 N–H and O–H groups in total. The molecule has 0 aliphatic carbocycles. The minimum Gasteiger partial charge on any atom is -0.309 e. The van der Waals surface area contributed by atoms with Gasteiger partial charge in [-0.2, -0.15) is 26.7 Å². The number of aromatic nitrogens is 6. The van der Waals surface area contributed by atoms with E-state index >= 15 is 0 Å². The average Bonchev–Trinajstić information content (AvgIpc) is 1.71. The monoisotopic (exact) mass is 1350 g/mol. The molecule has 0 aliphatic heterocycles. The Morgan fingerprint density at radius 1 is 0.438 bits per heavy atom. The molecule has 89 heavy (non-hydrogen) atoms. The Bertz CT molecular complexity index is 5070. The Morgan fingerprint density at radius 3 is 1.55 bits per heavy atom. The average molecular weight is 1350 g/mol. The second kappa shape index (κ2) is 24.3. The maximum absolute atomic E-state index is 4.99. The van der Waals surface area contributed by atoms with Gasteiger partial charge in [0.1, 0.15) is 5.69 Å². The van der Waals surface area contributed by atoms with Gasteiger partial charge in [-0.3, -0.25) is 0 Å². The van der Waals surface area contributed by atoms with E-state index < -0.39 is 0 Å². The summed E-state index contributed by atoms with van der Waals surface area (Å²) in [6.45, 7) is 13.7. The molecule has 441 valence electrons. The van der Waals surface area contributed by atoms with Crippen LogP contribution < -0.4 is 0 Å². The van der Waals surface area contributed by atoms with Crippen molar-refractivity contribution in [3.05, 3.63) is 246 Å². The van der Waals surface area contributed by atoms with Gasteiger partial charge < -0.3 is 9.13 Å². The first-order chi connectivity index (χ1) is 43.2. The van der Waals surface area contributed by atoms with Gasteiger partial charge in [-0.05, 0) is 176 Å². The molecule has 8 heteroatoms. The van der Waals surface area contributed by atoms with Crippen LogP contribution in [0.5, 0.6) is 0 Å². The number of thiophene rings is 1.